The molecular weight excluding hydrogens is 188 g/mol. The second-order valence-corrected chi connectivity index (χ2v) is 2.39. The van der Waals surface area contributed by atoms with Crippen molar-refractivity contribution in [1.29, 1.82) is 0 Å². The summed E-state index contributed by atoms with van der Waals surface area (Å²) in [6.07, 6.45) is 5.50. The van der Waals surface area contributed by atoms with Crippen molar-refractivity contribution in [3.8, 4) is 35.5 Å². The third kappa shape index (κ3) is 10.00. The molecule has 0 aromatic rings. The zero-order chi connectivity index (χ0) is 11.4. The smallest absolute Gasteiger partial charge is 0.0954 e. The van der Waals surface area contributed by atoms with Crippen LogP contribution < -0.4 is 0 Å². The molecule has 0 fully saturated rings. The lowest BCUT2D eigenvalue weighted by atomic mass is 10.3. The van der Waals surface area contributed by atoms with Gasteiger partial charge in [-0.2, -0.15) is 0 Å². The molecule has 0 bridgehead atoms. The van der Waals surface area contributed by atoms with Gasteiger partial charge in [0.05, 0.1) is 12.7 Å². The first-order valence-corrected chi connectivity index (χ1v) is 4.35. The van der Waals surface area contributed by atoms with Gasteiger partial charge in [0.15, 0.2) is 0 Å². The Kier molecular flexibility index (Phi) is 8.86. The van der Waals surface area contributed by atoms with Crippen LogP contribution in [0.25, 0.3) is 0 Å². The normalized spacial score (nSPS) is 10.9. The van der Waals surface area contributed by atoms with Gasteiger partial charge in [-0.25, -0.2) is 0 Å². The number of hydrogen-bond donors (Lipinski definition) is 2. The zero-order valence-electron chi connectivity index (χ0n) is 8.49. The number of aliphatic hydroxyl groups is 2. The lowest BCUT2D eigenvalue weighted by Crippen LogP contribution is -2.06. The van der Waals surface area contributed by atoms with Crippen LogP contribution in [0.15, 0.2) is 24.3 Å². The fourth-order valence-corrected chi connectivity index (χ4v) is 0.560. The molecule has 0 aliphatic carbocycles. The van der Waals surface area contributed by atoms with Crippen LogP contribution in [-0.4, -0.2) is 22.9 Å². The molecule has 0 spiro atoms. The molecule has 2 N–H and O–H groups in total. The van der Waals surface area contributed by atoms with Gasteiger partial charge in [-0.3, -0.25) is 0 Å². The van der Waals surface area contributed by atoms with E-state index in [1.807, 2.05) is 0 Å². The predicted octanol–water partition coefficient (Wildman–Crippen LogP) is 0.482. The first-order valence-electron chi connectivity index (χ1n) is 4.35. The van der Waals surface area contributed by atoms with Crippen molar-refractivity contribution in [2.45, 2.75) is 13.0 Å². The summed E-state index contributed by atoms with van der Waals surface area (Å²) in [5, 5.41) is 17.4. The Hall–Kier alpha value is -1.92. The quantitative estimate of drug-likeness (QED) is 0.514. The summed E-state index contributed by atoms with van der Waals surface area (Å²) in [5.74, 6) is 15.5. The van der Waals surface area contributed by atoms with Crippen LogP contribution in [0.1, 0.15) is 6.92 Å². The Morgan fingerprint density at radius 1 is 1.13 bits per heavy atom. The molecule has 2 heteroatoms. The number of aliphatic hydroxyl groups excluding tert-OH is 2. The summed E-state index contributed by atoms with van der Waals surface area (Å²) in [5.41, 5.74) is 0. The van der Waals surface area contributed by atoms with Gasteiger partial charge in [0, 0.05) is 0 Å². The van der Waals surface area contributed by atoms with Crippen LogP contribution >= 0.6 is 0 Å². The van der Waals surface area contributed by atoms with E-state index in [4.69, 9.17) is 10.2 Å². The lowest BCUT2D eigenvalue weighted by molar-refractivity contribution is 0.131. The molecule has 76 valence electrons. The fraction of sp³-hybridized carbons (Fsp3) is 0.231. The van der Waals surface area contributed by atoms with Gasteiger partial charge in [-0.1, -0.05) is 30.1 Å². The molecule has 0 heterocycles. The van der Waals surface area contributed by atoms with Crippen molar-refractivity contribution >= 4 is 0 Å². The lowest BCUT2D eigenvalue weighted by Gasteiger charge is -1.95. The summed E-state index contributed by atoms with van der Waals surface area (Å²) in [7, 11) is 0. The molecule has 0 aromatic heterocycles. The second kappa shape index (κ2) is 10.2. The SMILES string of the molecule is CC#CC#CC#CC=CC=CC(O)CO. The summed E-state index contributed by atoms with van der Waals surface area (Å²) < 4.78 is 0. The zero-order valence-corrected chi connectivity index (χ0v) is 8.49. The van der Waals surface area contributed by atoms with E-state index in [0.29, 0.717) is 0 Å². The highest BCUT2D eigenvalue weighted by Crippen LogP contribution is 1.84. The monoisotopic (exact) mass is 200 g/mol. The van der Waals surface area contributed by atoms with Crippen molar-refractivity contribution in [3.05, 3.63) is 24.3 Å². The molecule has 1 unspecified atom stereocenters. The third-order valence-corrected chi connectivity index (χ3v) is 1.20. The molecule has 0 aromatic carbocycles. The predicted molar refractivity (Wildman–Crippen MR) is 60.4 cm³/mol. The van der Waals surface area contributed by atoms with E-state index in [1.165, 1.54) is 6.08 Å². The second-order valence-electron chi connectivity index (χ2n) is 2.39. The molecule has 0 saturated carbocycles. The Bertz CT molecular complexity index is 397. The topological polar surface area (TPSA) is 40.5 Å². The molecule has 0 radical (unpaired) electrons. The first kappa shape index (κ1) is 13.1. The van der Waals surface area contributed by atoms with Gasteiger partial charge in [-0.05, 0) is 36.7 Å². The van der Waals surface area contributed by atoms with Crippen LogP contribution in [0.4, 0.5) is 0 Å². The van der Waals surface area contributed by atoms with Gasteiger partial charge >= 0.3 is 0 Å². The molecule has 0 saturated heterocycles. The standard InChI is InChI=1S/C13H12O2/c1-2-3-4-5-6-7-8-9-10-11-13(15)12-14/h8-11,13-15H,12H2,1H3. The summed E-state index contributed by atoms with van der Waals surface area (Å²) in [6, 6.07) is 0. The summed E-state index contributed by atoms with van der Waals surface area (Å²) >= 11 is 0. The average Bonchev–Trinajstić information content (AvgIpc) is 2.26. The van der Waals surface area contributed by atoms with Gasteiger partial charge in [0.25, 0.3) is 0 Å². The van der Waals surface area contributed by atoms with Crippen molar-refractivity contribution in [1.82, 2.24) is 0 Å². The highest BCUT2D eigenvalue weighted by Gasteiger charge is 1.90. The first-order chi connectivity index (χ1) is 7.31. The van der Waals surface area contributed by atoms with E-state index < -0.39 is 6.10 Å². The van der Waals surface area contributed by atoms with E-state index in [0.717, 1.165) is 0 Å². The molecule has 0 amide bonds. The van der Waals surface area contributed by atoms with Crippen LogP contribution in [-0.2, 0) is 0 Å². The molecule has 15 heavy (non-hydrogen) atoms. The Labute approximate surface area is 90.3 Å². The van der Waals surface area contributed by atoms with Crippen molar-refractivity contribution in [3.63, 3.8) is 0 Å². The van der Waals surface area contributed by atoms with Gasteiger partial charge in [0.1, 0.15) is 0 Å². The minimum absolute atomic E-state index is 0.281. The number of hydrogen-bond acceptors (Lipinski definition) is 2. The molecule has 0 rings (SSSR count). The van der Waals surface area contributed by atoms with Crippen LogP contribution in [0.5, 0.6) is 0 Å². The van der Waals surface area contributed by atoms with Gasteiger partial charge < -0.3 is 10.2 Å². The van der Waals surface area contributed by atoms with Gasteiger partial charge in [-0.15, -0.1) is 0 Å². The Morgan fingerprint density at radius 2 is 1.87 bits per heavy atom. The highest BCUT2D eigenvalue weighted by molar-refractivity contribution is 5.37. The third-order valence-electron chi connectivity index (χ3n) is 1.20. The van der Waals surface area contributed by atoms with Crippen LogP contribution in [0, 0.1) is 35.5 Å². The molecule has 2 nitrogen and oxygen atoms in total. The van der Waals surface area contributed by atoms with Crippen LogP contribution in [0.2, 0.25) is 0 Å². The molecule has 0 aliphatic heterocycles. The van der Waals surface area contributed by atoms with Crippen molar-refractivity contribution < 1.29 is 10.2 Å². The summed E-state index contributed by atoms with van der Waals surface area (Å²) in [6.45, 7) is 1.43. The minimum Gasteiger partial charge on any atom is -0.393 e. The van der Waals surface area contributed by atoms with Gasteiger partial charge in [0.2, 0.25) is 0 Å². The van der Waals surface area contributed by atoms with Crippen LogP contribution in [0.3, 0.4) is 0 Å². The Morgan fingerprint density at radius 3 is 2.53 bits per heavy atom. The van der Waals surface area contributed by atoms with E-state index in [1.54, 1.807) is 25.2 Å². The van der Waals surface area contributed by atoms with E-state index in [-0.39, 0.29) is 6.61 Å². The molecule has 0 aliphatic rings. The largest absolute Gasteiger partial charge is 0.393 e. The Balaban J connectivity index is 3.94. The maximum atomic E-state index is 8.91. The highest BCUT2D eigenvalue weighted by atomic mass is 16.3. The van der Waals surface area contributed by atoms with Crippen molar-refractivity contribution in [2.75, 3.05) is 6.61 Å². The minimum atomic E-state index is -0.817. The molecule has 1 atom stereocenters. The average molecular weight is 200 g/mol. The maximum Gasteiger partial charge on any atom is 0.0954 e. The van der Waals surface area contributed by atoms with Crippen molar-refractivity contribution in [2.24, 2.45) is 0 Å². The number of allylic oxidation sites excluding steroid dienone is 3. The number of rotatable bonds is 3. The summed E-state index contributed by atoms with van der Waals surface area (Å²) in [4.78, 5) is 0. The van der Waals surface area contributed by atoms with E-state index in [9.17, 15) is 0 Å². The molecular formula is C13H12O2. The maximum absolute atomic E-state index is 8.91. The fourth-order valence-electron chi connectivity index (χ4n) is 0.560. The van der Waals surface area contributed by atoms with E-state index >= 15 is 0 Å². The van der Waals surface area contributed by atoms with E-state index in [2.05, 4.69) is 35.5 Å².